The minimum atomic E-state index is -0.292. The molecule has 0 aliphatic rings. The van der Waals surface area contributed by atoms with E-state index < -0.39 is 0 Å². The second-order valence-electron chi connectivity index (χ2n) is 5.83. The average molecular weight is 321 g/mol. The molecule has 0 aliphatic heterocycles. The quantitative estimate of drug-likeness (QED) is 0.887. The highest BCUT2D eigenvalue weighted by atomic mass is 16.2. The number of hydrogen-bond donors (Lipinski definition) is 2. The van der Waals surface area contributed by atoms with Crippen molar-refractivity contribution in [1.82, 2.24) is 5.32 Å². The highest BCUT2D eigenvalue weighted by Gasteiger charge is 2.09. The first-order valence-corrected chi connectivity index (χ1v) is 7.69. The van der Waals surface area contributed by atoms with E-state index in [2.05, 4.69) is 10.6 Å². The Morgan fingerprint density at radius 3 is 2.25 bits per heavy atom. The van der Waals surface area contributed by atoms with Gasteiger partial charge in [-0.15, -0.1) is 0 Å². The summed E-state index contributed by atoms with van der Waals surface area (Å²) in [4.78, 5) is 24.2. The van der Waals surface area contributed by atoms with Gasteiger partial charge in [-0.1, -0.05) is 19.9 Å². The number of rotatable bonds is 5. The minimum absolute atomic E-state index is 0.155. The van der Waals surface area contributed by atoms with Gasteiger partial charge in [0.25, 0.3) is 11.8 Å². The Morgan fingerprint density at radius 2 is 1.67 bits per heavy atom. The van der Waals surface area contributed by atoms with Crippen LogP contribution in [0.3, 0.4) is 0 Å². The van der Waals surface area contributed by atoms with Crippen LogP contribution in [0, 0.1) is 17.2 Å². The summed E-state index contributed by atoms with van der Waals surface area (Å²) >= 11 is 0. The lowest BCUT2D eigenvalue weighted by Gasteiger charge is -2.09. The van der Waals surface area contributed by atoms with Crippen LogP contribution in [0.1, 0.15) is 40.1 Å². The molecule has 5 heteroatoms. The van der Waals surface area contributed by atoms with Crippen molar-refractivity contribution in [2.24, 2.45) is 5.92 Å². The molecule has 2 aromatic carbocycles. The fourth-order valence-corrected chi connectivity index (χ4v) is 2.04. The molecular weight excluding hydrogens is 302 g/mol. The molecule has 0 heterocycles. The Morgan fingerprint density at radius 1 is 1.04 bits per heavy atom. The number of nitrogens with one attached hydrogen (secondary N) is 2. The molecule has 5 nitrogen and oxygen atoms in total. The number of carbonyl (C=O) groups excluding carboxylic acids is 2. The molecular formula is C19H19N3O2. The highest BCUT2D eigenvalue weighted by molar-refractivity contribution is 6.05. The Balaban J connectivity index is 2.03. The molecule has 24 heavy (non-hydrogen) atoms. The van der Waals surface area contributed by atoms with Gasteiger partial charge in [-0.2, -0.15) is 5.26 Å². The van der Waals surface area contributed by atoms with Crippen LogP contribution in [0.25, 0.3) is 0 Å². The third kappa shape index (κ3) is 4.68. The number of hydrogen-bond acceptors (Lipinski definition) is 3. The van der Waals surface area contributed by atoms with Gasteiger partial charge in [-0.05, 0) is 48.4 Å². The van der Waals surface area contributed by atoms with Gasteiger partial charge in [0.05, 0.1) is 11.6 Å². The fraction of sp³-hybridized carbons (Fsp3) is 0.211. The van der Waals surface area contributed by atoms with E-state index in [9.17, 15) is 9.59 Å². The second kappa shape index (κ2) is 7.93. The standard InChI is InChI=1S/C19H19N3O2/c1-13(2)12-21-18(23)15-6-8-16(9-7-15)19(24)22-17-5-3-4-14(10-17)11-20/h3-10,13H,12H2,1-2H3,(H,21,23)(H,22,24). The molecule has 0 radical (unpaired) electrons. The number of nitrogens with zero attached hydrogens (tertiary/aromatic N) is 1. The number of nitriles is 1. The molecule has 0 fully saturated rings. The van der Waals surface area contributed by atoms with E-state index in [0.717, 1.165) is 0 Å². The first-order chi connectivity index (χ1) is 11.5. The van der Waals surface area contributed by atoms with E-state index in [1.54, 1.807) is 48.5 Å². The van der Waals surface area contributed by atoms with Gasteiger partial charge >= 0.3 is 0 Å². The first-order valence-electron chi connectivity index (χ1n) is 7.69. The zero-order valence-corrected chi connectivity index (χ0v) is 13.7. The van der Waals surface area contributed by atoms with Crippen LogP contribution in [0.5, 0.6) is 0 Å². The molecule has 0 saturated heterocycles. The van der Waals surface area contributed by atoms with Gasteiger partial charge in [-0.3, -0.25) is 9.59 Å². The van der Waals surface area contributed by atoms with E-state index >= 15 is 0 Å². The molecule has 0 bridgehead atoms. The summed E-state index contributed by atoms with van der Waals surface area (Å²) in [5.41, 5.74) is 1.99. The lowest BCUT2D eigenvalue weighted by atomic mass is 10.1. The molecule has 2 rings (SSSR count). The molecule has 0 aromatic heterocycles. The summed E-state index contributed by atoms with van der Waals surface area (Å²) in [6.45, 7) is 4.65. The third-order valence-electron chi connectivity index (χ3n) is 3.33. The summed E-state index contributed by atoms with van der Waals surface area (Å²) in [5, 5.41) is 14.4. The van der Waals surface area contributed by atoms with Crippen LogP contribution in [-0.4, -0.2) is 18.4 Å². The molecule has 0 spiro atoms. The van der Waals surface area contributed by atoms with E-state index in [1.807, 2.05) is 19.9 Å². The maximum Gasteiger partial charge on any atom is 0.255 e. The van der Waals surface area contributed by atoms with Crippen molar-refractivity contribution in [3.8, 4) is 6.07 Å². The number of carbonyl (C=O) groups is 2. The largest absolute Gasteiger partial charge is 0.352 e. The maximum atomic E-state index is 12.2. The van der Waals surface area contributed by atoms with Crippen LogP contribution >= 0.6 is 0 Å². The zero-order valence-electron chi connectivity index (χ0n) is 13.7. The Labute approximate surface area is 141 Å². The second-order valence-corrected chi connectivity index (χ2v) is 5.83. The summed E-state index contributed by atoms with van der Waals surface area (Å²) in [7, 11) is 0. The van der Waals surface area contributed by atoms with Crippen LogP contribution in [0.4, 0.5) is 5.69 Å². The Kier molecular flexibility index (Phi) is 5.69. The molecule has 2 amide bonds. The third-order valence-corrected chi connectivity index (χ3v) is 3.33. The molecule has 0 saturated carbocycles. The normalized spacial score (nSPS) is 10.1. The SMILES string of the molecule is CC(C)CNC(=O)c1ccc(C(=O)Nc2cccc(C#N)c2)cc1. The molecule has 122 valence electrons. The summed E-state index contributed by atoms with van der Waals surface area (Å²) in [6.07, 6.45) is 0. The molecule has 2 aromatic rings. The summed E-state index contributed by atoms with van der Waals surface area (Å²) in [6, 6.07) is 15.2. The molecule has 0 aliphatic carbocycles. The highest BCUT2D eigenvalue weighted by Crippen LogP contribution is 2.12. The van der Waals surface area contributed by atoms with E-state index in [0.29, 0.717) is 34.8 Å². The summed E-state index contributed by atoms with van der Waals surface area (Å²) < 4.78 is 0. The fourth-order valence-electron chi connectivity index (χ4n) is 2.04. The van der Waals surface area contributed by atoms with Gasteiger partial charge in [0, 0.05) is 23.4 Å². The van der Waals surface area contributed by atoms with Crippen molar-refractivity contribution in [3.63, 3.8) is 0 Å². The van der Waals surface area contributed by atoms with Crippen molar-refractivity contribution in [2.75, 3.05) is 11.9 Å². The van der Waals surface area contributed by atoms with E-state index in [1.165, 1.54) is 0 Å². The van der Waals surface area contributed by atoms with Crippen LogP contribution < -0.4 is 10.6 Å². The van der Waals surface area contributed by atoms with Gasteiger partial charge in [0.2, 0.25) is 0 Å². The van der Waals surface area contributed by atoms with Crippen molar-refractivity contribution < 1.29 is 9.59 Å². The van der Waals surface area contributed by atoms with Crippen molar-refractivity contribution in [3.05, 3.63) is 65.2 Å². The number of benzene rings is 2. The van der Waals surface area contributed by atoms with Gasteiger partial charge in [0.1, 0.15) is 0 Å². The number of amides is 2. The maximum absolute atomic E-state index is 12.2. The first kappa shape index (κ1) is 17.2. The van der Waals surface area contributed by atoms with E-state index in [-0.39, 0.29) is 11.8 Å². The van der Waals surface area contributed by atoms with Gasteiger partial charge in [-0.25, -0.2) is 0 Å². The average Bonchev–Trinajstić information content (AvgIpc) is 2.59. The topological polar surface area (TPSA) is 82.0 Å². The lowest BCUT2D eigenvalue weighted by Crippen LogP contribution is -2.27. The smallest absolute Gasteiger partial charge is 0.255 e. The Bertz CT molecular complexity index is 774. The van der Waals surface area contributed by atoms with Gasteiger partial charge in [0.15, 0.2) is 0 Å². The predicted molar refractivity (Wildman–Crippen MR) is 92.7 cm³/mol. The molecule has 0 unspecified atom stereocenters. The predicted octanol–water partition coefficient (Wildman–Crippen LogP) is 3.20. The van der Waals surface area contributed by atoms with Crippen LogP contribution in [0.15, 0.2) is 48.5 Å². The van der Waals surface area contributed by atoms with Crippen LogP contribution in [-0.2, 0) is 0 Å². The monoisotopic (exact) mass is 321 g/mol. The Hall–Kier alpha value is -3.13. The summed E-state index contributed by atoms with van der Waals surface area (Å²) in [5.74, 6) is -0.0696. The number of anilines is 1. The van der Waals surface area contributed by atoms with Crippen molar-refractivity contribution in [1.29, 1.82) is 5.26 Å². The lowest BCUT2D eigenvalue weighted by molar-refractivity contribution is 0.0947. The van der Waals surface area contributed by atoms with Crippen molar-refractivity contribution >= 4 is 17.5 Å². The van der Waals surface area contributed by atoms with E-state index in [4.69, 9.17) is 5.26 Å². The van der Waals surface area contributed by atoms with Crippen molar-refractivity contribution in [2.45, 2.75) is 13.8 Å². The molecule has 0 atom stereocenters. The van der Waals surface area contributed by atoms with Crippen LogP contribution in [0.2, 0.25) is 0 Å². The van der Waals surface area contributed by atoms with Gasteiger partial charge < -0.3 is 10.6 Å². The zero-order chi connectivity index (χ0) is 17.5. The minimum Gasteiger partial charge on any atom is -0.352 e. The molecule has 2 N–H and O–H groups in total.